The van der Waals surface area contributed by atoms with Gasteiger partial charge in [-0.15, -0.1) is 0 Å². The Labute approximate surface area is 161 Å². The lowest BCUT2D eigenvalue weighted by Crippen LogP contribution is -2.42. The highest BCUT2D eigenvalue weighted by atomic mass is 79.9. The average molecular weight is 418 g/mol. The zero-order valence-electron chi connectivity index (χ0n) is 14.5. The summed E-state index contributed by atoms with van der Waals surface area (Å²) in [7, 11) is 1.36. The summed E-state index contributed by atoms with van der Waals surface area (Å²) in [5, 5.41) is 4.08. The van der Waals surface area contributed by atoms with Crippen LogP contribution in [0.5, 0.6) is 0 Å². The molecule has 2 aromatic rings. The fourth-order valence-electron chi connectivity index (χ4n) is 2.92. The van der Waals surface area contributed by atoms with E-state index in [0.717, 1.165) is 15.6 Å². The van der Waals surface area contributed by atoms with Gasteiger partial charge in [-0.3, -0.25) is 0 Å². The van der Waals surface area contributed by atoms with Gasteiger partial charge in [0.15, 0.2) is 0 Å². The minimum absolute atomic E-state index is 0.306. The minimum atomic E-state index is -1.12. The molecule has 0 aliphatic carbocycles. The van der Waals surface area contributed by atoms with Crippen molar-refractivity contribution in [2.24, 2.45) is 5.16 Å². The predicted octanol–water partition coefficient (Wildman–Crippen LogP) is 3.90. The molecular formula is C20H20BrNO4. The van der Waals surface area contributed by atoms with Gasteiger partial charge in [-0.25, -0.2) is 4.79 Å². The van der Waals surface area contributed by atoms with Gasteiger partial charge >= 0.3 is 5.97 Å². The first-order valence-electron chi connectivity index (χ1n) is 8.30. The van der Waals surface area contributed by atoms with E-state index in [-0.39, 0.29) is 0 Å². The number of oxime groups is 1. The Hall–Kier alpha value is -2.18. The molecule has 3 rings (SSSR count). The summed E-state index contributed by atoms with van der Waals surface area (Å²) in [6.45, 7) is 0.766. The molecule has 6 heteroatoms. The molecule has 2 aromatic carbocycles. The molecule has 0 saturated carbocycles. The number of methoxy groups -OCH3 is 1. The number of carbonyl (C=O) groups excluding carboxylic acids is 1. The van der Waals surface area contributed by atoms with Gasteiger partial charge in [0, 0.05) is 17.3 Å². The Morgan fingerprint density at radius 2 is 1.92 bits per heavy atom. The lowest BCUT2D eigenvalue weighted by atomic mass is 9.90. The third-order valence-corrected chi connectivity index (χ3v) is 4.65. The van der Waals surface area contributed by atoms with Gasteiger partial charge in [0.25, 0.3) is 0 Å². The molecule has 1 aliphatic rings. The summed E-state index contributed by atoms with van der Waals surface area (Å²) >= 11 is 3.44. The van der Waals surface area contributed by atoms with E-state index >= 15 is 0 Å². The molecule has 0 fully saturated rings. The first-order valence-corrected chi connectivity index (χ1v) is 9.09. The molecule has 0 bridgehead atoms. The fourth-order valence-corrected chi connectivity index (χ4v) is 3.37. The van der Waals surface area contributed by atoms with E-state index in [4.69, 9.17) is 14.3 Å². The molecule has 0 aromatic heterocycles. The van der Waals surface area contributed by atoms with Crippen LogP contribution in [-0.2, 0) is 32.1 Å². The second-order valence-corrected chi connectivity index (χ2v) is 7.11. The van der Waals surface area contributed by atoms with Crippen LogP contribution >= 0.6 is 15.9 Å². The molecule has 0 radical (unpaired) electrons. The van der Waals surface area contributed by atoms with Crippen molar-refractivity contribution in [1.29, 1.82) is 0 Å². The highest BCUT2D eigenvalue weighted by Crippen LogP contribution is 2.30. The molecule has 0 N–H and O–H groups in total. The summed E-state index contributed by atoms with van der Waals surface area (Å²) in [5.41, 5.74) is 1.62. The quantitative estimate of drug-likeness (QED) is 0.641. The largest absolute Gasteiger partial charge is 0.466 e. The summed E-state index contributed by atoms with van der Waals surface area (Å²) in [4.78, 5) is 17.9. The summed E-state index contributed by atoms with van der Waals surface area (Å²) < 4.78 is 11.7. The molecule has 5 nitrogen and oxygen atoms in total. The maximum Gasteiger partial charge on any atom is 0.353 e. The second kappa shape index (κ2) is 8.47. The molecule has 0 spiro atoms. The Bertz CT molecular complexity index is 793. The van der Waals surface area contributed by atoms with Crippen LogP contribution in [0.3, 0.4) is 0 Å². The fraction of sp³-hybridized carbons (Fsp3) is 0.300. The van der Waals surface area contributed by atoms with Gasteiger partial charge < -0.3 is 14.3 Å². The molecule has 136 valence electrons. The standard InChI is InChI=1S/C20H20BrNO4/c1-24-19(23)20(11-15-6-3-2-4-7-15)12-18(22-26-20)14-25-13-16-8-5-9-17(21)10-16/h2-10H,11-14H2,1H3. The number of benzene rings is 2. The molecule has 1 heterocycles. The van der Waals surface area contributed by atoms with Gasteiger partial charge in [0.2, 0.25) is 5.60 Å². The van der Waals surface area contributed by atoms with Crippen LogP contribution in [0.4, 0.5) is 0 Å². The zero-order chi connectivity index (χ0) is 18.4. The number of rotatable bonds is 7. The number of hydrogen-bond acceptors (Lipinski definition) is 5. The number of nitrogens with zero attached hydrogens (tertiary/aromatic N) is 1. The van der Waals surface area contributed by atoms with E-state index in [1.165, 1.54) is 7.11 Å². The summed E-state index contributed by atoms with van der Waals surface area (Å²) in [6.07, 6.45) is 0.756. The maximum atomic E-state index is 12.4. The number of ether oxygens (including phenoxy) is 2. The monoisotopic (exact) mass is 417 g/mol. The van der Waals surface area contributed by atoms with E-state index in [0.29, 0.717) is 31.8 Å². The van der Waals surface area contributed by atoms with Gasteiger partial charge in [0.1, 0.15) is 0 Å². The van der Waals surface area contributed by atoms with Crippen LogP contribution < -0.4 is 0 Å². The van der Waals surface area contributed by atoms with Gasteiger partial charge in [-0.05, 0) is 23.3 Å². The summed E-state index contributed by atoms with van der Waals surface area (Å²) in [6, 6.07) is 17.6. The van der Waals surface area contributed by atoms with E-state index in [2.05, 4.69) is 21.1 Å². The van der Waals surface area contributed by atoms with E-state index in [1.54, 1.807) is 0 Å². The van der Waals surface area contributed by atoms with E-state index in [9.17, 15) is 4.79 Å². The van der Waals surface area contributed by atoms with Crippen molar-refractivity contribution in [1.82, 2.24) is 0 Å². The van der Waals surface area contributed by atoms with Crippen LogP contribution in [0.1, 0.15) is 17.5 Å². The summed E-state index contributed by atoms with van der Waals surface area (Å²) in [5.74, 6) is -0.424. The maximum absolute atomic E-state index is 12.4. The van der Waals surface area contributed by atoms with E-state index < -0.39 is 11.6 Å². The van der Waals surface area contributed by atoms with Gasteiger partial charge in [-0.1, -0.05) is 63.6 Å². The average Bonchev–Trinajstić information content (AvgIpc) is 3.06. The van der Waals surface area contributed by atoms with Crippen molar-refractivity contribution in [2.75, 3.05) is 13.7 Å². The highest BCUT2D eigenvalue weighted by molar-refractivity contribution is 9.10. The third-order valence-electron chi connectivity index (χ3n) is 4.16. The molecule has 26 heavy (non-hydrogen) atoms. The lowest BCUT2D eigenvalue weighted by molar-refractivity contribution is -0.166. The molecular weight excluding hydrogens is 398 g/mol. The van der Waals surface area contributed by atoms with Crippen LogP contribution in [0.25, 0.3) is 0 Å². The third kappa shape index (κ3) is 4.51. The lowest BCUT2D eigenvalue weighted by Gasteiger charge is -2.23. The number of halogens is 1. The van der Waals surface area contributed by atoms with E-state index in [1.807, 2.05) is 54.6 Å². The Morgan fingerprint density at radius 1 is 1.15 bits per heavy atom. The van der Waals surface area contributed by atoms with Gasteiger partial charge in [0.05, 0.1) is 26.0 Å². The van der Waals surface area contributed by atoms with Crippen LogP contribution in [0.15, 0.2) is 64.2 Å². The molecule has 1 aliphatic heterocycles. The highest BCUT2D eigenvalue weighted by Gasteiger charge is 2.47. The molecule has 1 unspecified atom stereocenters. The van der Waals surface area contributed by atoms with Crippen molar-refractivity contribution in [3.63, 3.8) is 0 Å². The first kappa shape index (κ1) is 18.6. The van der Waals surface area contributed by atoms with Crippen LogP contribution in [0, 0.1) is 0 Å². The van der Waals surface area contributed by atoms with Crippen molar-refractivity contribution in [3.05, 3.63) is 70.2 Å². The van der Waals surface area contributed by atoms with Crippen LogP contribution in [-0.4, -0.2) is 31.0 Å². The Kier molecular flexibility index (Phi) is 6.06. The smallest absolute Gasteiger partial charge is 0.353 e. The topological polar surface area (TPSA) is 57.1 Å². The number of esters is 1. The second-order valence-electron chi connectivity index (χ2n) is 6.20. The minimum Gasteiger partial charge on any atom is -0.466 e. The van der Waals surface area contributed by atoms with Crippen LogP contribution in [0.2, 0.25) is 0 Å². The van der Waals surface area contributed by atoms with Crippen molar-refractivity contribution in [3.8, 4) is 0 Å². The zero-order valence-corrected chi connectivity index (χ0v) is 16.1. The Balaban J connectivity index is 1.60. The molecule has 1 atom stereocenters. The van der Waals surface area contributed by atoms with Crippen molar-refractivity contribution < 1.29 is 19.1 Å². The molecule has 0 amide bonds. The number of carbonyl (C=O) groups is 1. The SMILES string of the molecule is COC(=O)C1(Cc2ccccc2)CC(COCc2cccc(Br)c2)=NO1. The predicted molar refractivity (Wildman–Crippen MR) is 102 cm³/mol. The van der Waals surface area contributed by atoms with Crippen molar-refractivity contribution >= 4 is 27.6 Å². The normalized spacial score (nSPS) is 18.9. The number of hydrogen-bond donors (Lipinski definition) is 0. The van der Waals surface area contributed by atoms with Gasteiger partial charge in [-0.2, -0.15) is 0 Å². The Morgan fingerprint density at radius 3 is 2.65 bits per heavy atom. The first-order chi connectivity index (χ1) is 12.6. The molecule has 0 saturated heterocycles. The van der Waals surface area contributed by atoms with Crippen molar-refractivity contribution in [2.45, 2.75) is 25.0 Å².